The minimum atomic E-state index is -0.337. The molecule has 11 heteroatoms. The van der Waals surface area contributed by atoms with E-state index in [4.69, 9.17) is 30.5 Å². The maximum Gasteiger partial charge on any atom is 0.275 e. The molecule has 2 aromatic carbocycles. The van der Waals surface area contributed by atoms with Crippen LogP contribution >= 0.6 is 22.9 Å². The highest BCUT2D eigenvalue weighted by molar-refractivity contribution is 7.10. The normalized spacial score (nSPS) is 13.7. The summed E-state index contributed by atoms with van der Waals surface area (Å²) in [5.74, 6) is 1.42. The predicted molar refractivity (Wildman–Crippen MR) is 142 cm³/mol. The molecule has 0 bridgehead atoms. The third kappa shape index (κ3) is 5.60. The van der Waals surface area contributed by atoms with E-state index < -0.39 is 0 Å². The van der Waals surface area contributed by atoms with Crippen molar-refractivity contribution in [1.82, 2.24) is 9.88 Å². The first-order valence-corrected chi connectivity index (χ1v) is 12.8. The standard InChI is InChI=1S/C26H28ClN3O6S/c1-33-20-7-5-16(27)13-18(20)28-24(31)19-14-37-25(29-19)15-9-11-30(12-10-15)26(32)17-6-8-21(34-2)23(36-4)22(17)35-3/h5-8,13-15H,9-12H2,1-4H3,(H,28,31). The number of benzene rings is 2. The van der Waals surface area contributed by atoms with Crippen LogP contribution in [0.3, 0.4) is 0 Å². The van der Waals surface area contributed by atoms with E-state index in [0.717, 1.165) is 17.8 Å². The summed E-state index contributed by atoms with van der Waals surface area (Å²) in [5.41, 5.74) is 1.23. The molecule has 2 amide bonds. The lowest BCUT2D eigenvalue weighted by atomic mass is 9.97. The summed E-state index contributed by atoms with van der Waals surface area (Å²) in [6, 6.07) is 8.40. The Morgan fingerprint density at radius 3 is 2.30 bits per heavy atom. The quantitative estimate of drug-likeness (QED) is 0.420. The van der Waals surface area contributed by atoms with Crippen molar-refractivity contribution in [1.29, 1.82) is 0 Å². The highest BCUT2D eigenvalue weighted by atomic mass is 35.5. The zero-order valence-corrected chi connectivity index (χ0v) is 22.6. The molecule has 2 heterocycles. The smallest absolute Gasteiger partial charge is 0.275 e. The molecule has 9 nitrogen and oxygen atoms in total. The zero-order chi connectivity index (χ0) is 26.5. The molecule has 3 aromatic rings. The average molecular weight is 546 g/mol. The van der Waals surface area contributed by atoms with Crippen molar-refractivity contribution in [3.63, 3.8) is 0 Å². The molecule has 1 saturated heterocycles. The number of nitrogens with zero attached hydrogens (tertiary/aromatic N) is 2. The van der Waals surface area contributed by atoms with Crippen LogP contribution in [-0.2, 0) is 0 Å². The number of likely N-dealkylation sites (tertiary alicyclic amines) is 1. The number of nitrogens with one attached hydrogen (secondary N) is 1. The van der Waals surface area contributed by atoms with Crippen LogP contribution in [0.25, 0.3) is 0 Å². The van der Waals surface area contributed by atoms with Crippen LogP contribution in [0, 0.1) is 0 Å². The number of hydrogen-bond donors (Lipinski definition) is 1. The van der Waals surface area contributed by atoms with Gasteiger partial charge in [-0.3, -0.25) is 9.59 Å². The molecule has 0 spiro atoms. The van der Waals surface area contributed by atoms with Crippen molar-refractivity contribution < 1.29 is 28.5 Å². The van der Waals surface area contributed by atoms with Gasteiger partial charge in [-0.1, -0.05) is 11.6 Å². The Hall–Kier alpha value is -3.50. The summed E-state index contributed by atoms with van der Waals surface area (Å²) < 4.78 is 21.5. The van der Waals surface area contributed by atoms with E-state index in [1.807, 2.05) is 0 Å². The predicted octanol–water partition coefficient (Wildman–Crippen LogP) is 5.10. The number of piperidine rings is 1. The molecule has 1 N–H and O–H groups in total. The van der Waals surface area contributed by atoms with Gasteiger partial charge in [-0.15, -0.1) is 11.3 Å². The zero-order valence-electron chi connectivity index (χ0n) is 21.0. The summed E-state index contributed by atoms with van der Waals surface area (Å²) in [6.45, 7) is 1.11. The van der Waals surface area contributed by atoms with E-state index in [1.54, 1.807) is 40.6 Å². The molecule has 1 aliphatic heterocycles. The molecule has 196 valence electrons. The van der Waals surface area contributed by atoms with Crippen molar-refractivity contribution in [2.24, 2.45) is 0 Å². The number of ether oxygens (including phenoxy) is 4. The second-order valence-electron chi connectivity index (χ2n) is 8.32. The van der Waals surface area contributed by atoms with Crippen LogP contribution in [0.4, 0.5) is 5.69 Å². The van der Waals surface area contributed by atoms with Gasteiger partial charge in [0.1, 0.15) is 11.4 Å². The molecule has 37 heavy (non-hydrogen) atoms. The number of thiazole rings is 1. The number of halogens is 1. The van der Waals surface area contributed by atoms with Gasteiger partial charge in [-0.2, -0.15) is 0 Å². The van der Waals surface area contributed by atoms with Crippen molar-refractivity contribution >= 4 is 40.4 Å². The van der Waals surface area contributed by atoms with Gasteiger partial charge in [-0.05, 0) is 43.2 Å². The Balaban J connectivity index is 1.41. The Morgan fingerprint density at radius 2 is 1.65 bits per heavy atom. The summed E-state index contributed by atoms with van der Waals surface area (Å²) in [6.07, 6.45) is 1.47. The van der Waals surface area contributed by atoms with Crippen LogP contribution in [0.15, 0.2) is 35.7 Å². The van der Waals surface area contributed by atoms with Crippen LogP contribution in [0.5, 0.6) is 23.0 Å². The number of methoxy groups -OCH3 is 4. The van der Waals surface area contributed by atoms with Gasteiger partial charge in [0, 0.05) is 29.4 Å². The minimum Gasteiger partial charge on any atom is -0.495 e. The number of amides is 2. The van der Waals surface area contributed by atoms with Crippen LogP contribution < -0.4 is 24.3 Å². The molecule has 0 radical (unpaired) electrons. The van der Waals surface area contributed by atoms with Gasteiger partial charge in [0.15, 0.2) is 11.5 Å². The Bertz CT molecular complexity index is 1290. The van der Waals surface area contributed by atoms with E-state index >= 15 is 0 Å². The summed E-state index contributed by atoms with van der Waals surface area (Å²) in [5, 5.41) is 5.92. The fraction of sp³-hybridized carbons (Fsp3) is 0.346. The maximum atomic E-state index is 13.3. The average Bonchev–Trinajstić information content (AvgIpc) is 3.42. The van der Waals surface area contributed by atoms with Gasteiger partial charge in [0.2, 0.25) is 5.75 Å². The summed E-state index contributed by atoms with van der Waals surface area (Å²) in [7, 11) is 6.07. The van der Waals surface area contributed by atoms with Gasteiger partial charge < -0.3 is 29.2 Å². The van der Waals surface area contributed by atoms with Gasteiger partial charge >= 0.3 is 0 Å². The van der Waals surface area contributed by atoms with E-state index in [0.29, 0.717) is 58.1 Å². The lowest BCUT2D eigenvalue weighted by molar-refractivity contribution is 0.0708. The topological polar surface area (TPSA) is 99.2 Å². The van der Waals surface area contributed by atoms with Crippen molar-refractivity contribution in [2.75, 3.05) is 46.8 Å². The minimum absolute atomic E-state index is 0.133. The van der Waals surface area contributed by atoms with Crippen LogP contribution in [0.2, 0.25) is 5.02 Å². The number of anilines is 1. The first kappa shape index (κ1) is 26.6. The number of carbonyl (C=O) groups is 2. The summed E-state index contributed by atoms with van der Waals surface area (Å²) in [4.78, 5) is 32.5. The Morgan fingerprint density at radius 1 is 0.973 bits per heavy atom. The fourth-order valence-corrected chi connectivity index (χ4v) is 5.46. The van der Waals surface area contributed by atoms with Crippen LogP contribution in [0.1, 0.15) is 44.6 Å². The molecule has 0 saturated carbocycles. The maximum absolute atomic E-state index is 13.3. The molecule has 1 aliphatic rings. The van der Waals surface area contributed by atoms with Crippen molar-refractivity contribution in [2.45, 2.75) is 18.8 Å². The highest BCUT2D eigenvalue weighted by Gasteiger charge is 2.30. The molecule has 1 fully saturated rings. The first-order valence-electron chi connectivity index (χ1n) is 11.6. The monoisotopic (exact) mass is 545 g/mol. The molecule has 4 rings (SSSR count). The Kier molecular flexibility index (Phi) is 8.40. The highest BCUT2D eigenvalue weighted by Crippen LogP contribution is 2.41. The van der Waals surface area contributed by atoms with Gasteiger partial charge in [-0.25, -0.2) is 4.98 Å². The number of carbonyl (C=O) groups excluding carboxylic acids is 2. The molecular formula is C26H28ClN3O6S. The molecule has 0 unspecified atom stereocenters. The first-order chi connectivity index (χ1) is 17.9. The van der Waals surface area contributed by atoms with E-state index in [9.17, 15) is 9.59 Å². The van der Waals surface area contributed by atoms with Crippen molar-refractivity contribution in [3.8, 4) is 23.0 Å². The van der Waals surface area contributed by atoms with E-state index in [-0.39, 0.29) is 17.7 Å². The van der Waals surface area contributed by atoms with E-state index in [1.165, 1.54) is 39.8 Å². The third-order valence-electron chi connectivity index (χ3n) is 6.23. The third-order valence-corrected chi connectivity index (χ3v) is 7.47. The van der Waals surface area contributed by atoms with Gasteiger partial charge in [0.25, 0.3) is 11.8 Å². The van der Waals surface area contributed by atoms with Crippen molar-refractivity contribution in [3.05, 3.63) is 57.0 Å². The lowest BCUT2D eigenvalue weighted by Gasteiger charge is -2.31. The molecule has 0 aliphatic carbocycles. The lowest BCUT2D eigenvalue weighted by Crippen LogP contribution is -2.38. The number of hydrogen-bond acceptors (Lipinski definition) is 8. The summed E-state index contributed by atoms with van der Waals surface area (Å²) >= 11 is 7.51. The number of rotatable bonds is 8. The van der Waals surface area contributed by atoms with Gasteiger partial charge in [0.05, 0.1) is 44.7 Å². The van der Waals surface area contributed by atoms with Crippen LogP contribution in [-0.4, -0.2) is 63.2 Å². The fourth-order valence-electron chi connectivity index (χ4n) is 4.31. The van der Waals surface area contributed by atoms with E-state index in [2.05, 4.69) is 10.3 Å². The Labute approximate surface area is 224 Å². The molecular weight excluding hydrogens is 518 g/mol. The second-order valence-corrected chi connectivity index (χ2v) is 9.64. The second kappa shape index (κ2) is 11.7. The SMILES string of the molecule is COc1ccc(Cl)cc1NC(=O)c1csc(C2CCN(C(=O)c3ccc(OC)c(OC)c3OC)CC2)n1. The molecule has 0 atom stereocenters. The largest absolute Gasteiger partial charge is 0.495 e. The number of aromatic nitrogens is 1. The molecule has 1 aromatic heterocycles.